The highest BCUT2D eigenvalue weighted by Gasteiger charge is 2.14. The monoisotopic (exact) mass is 243 g/mol. The number of aromatic nitrogens is 1. The molecule has 0 aliphatic carbocycles. The Kier molecular flexibility index (Phi) is 3.02. The van der Waals surface area contributed by atoms with Crippen LogP contribution in [0.4, 0.5) is 8.78 Å². The van der Waals surface area contributed by atoms with Crippen LogP contribution in [0.3, 0.4) is 0 Å². The third kappa shape index (κ3) is 2.03. The minimum Gasteiger partial charge on any atom is -0.244 e. The maximum Gasteiger partial charge on any atom is 0.136 e. The van der Waals surface area contributed by atoms with E-state index in [1.165, 1.54) is 29.5 Å². The molecule has 0 aliphatic heterocycles. The molecule has 1 heterocycles. The summed E-state index contributed by atoms with van der Waals surface area (Å²) in [5.74, 6) is -0.654. The molecule has 1 aromatic heterocycles. The molecule has 0 aliphatic rings. The van der Waals surface area contributed by atoms with E-state index in [1.807, 2.05) is 0 Å². The summed E-state index contributed by atoms with van der Waals surface area (Å²) in [4.78, 5) is 4.85. The molecule has 5 heteroatoms. The standard InChI is InChI=1S/C10H7F2NS2/c11-7-2-1-3-8(12)9(7)10-13-4-6(5-14)15-10/h1-4,14H,5H2. The van der Waals surface area contributed by atoms with Crippen LogP contribution in [0.2, 0.25) is 0 Å². The number of hydrogen-bond donors (Lipinski definition) is 1. The van der Waals surface area contributed by atoms with Crippen LogP contribution in [-0.2, 0) is 5.75 Å². The topological polar surface area (TPSA) is 12.9 Å². The molecule has 2 rings (SSSR count). The van der Waals surface area contributed by atoms with Crippen LogP contribution >= 0.6 is 24.0 Å². The van der Waals surface area contributed by atoms with Gasteiger partial charge in [0.05, 0.1) is 5.56 Å². The summed E-state index contributed by atoms with van der Waals surface area (Å²) in [5, 5.41) is 0.356. The second-order valence-electron chi connectivity index (χ2n) is 2.89. The molecule has 0 amide bonds. The van der Waals surface area contributed by atoms with E-state index in [4.69, 9.17) is 0 Å². The van der Waals surface area contributed by atoms with E-state index in [0.29, 0.717) is 10.8 Å². The third-order valence-electron chi connectivity index (χ3n) is 1.89. The highest BCUT2D eigenvalue weighted by Crippen LogP contribution is 2.30. The molecular weight excluding hydrogens is 236 g/mol. The fourth-order valence-electron chi connectivity index (χ4n) is 1.20. The Hall–Kier alpha value is -0.940. The van der Waals surface area contributed by atoms with Crippen molar-refractivity contribution in [1.29, 1.82) is 0 Å². The molecule has 1 nitrogen and oxygen atoms in total. The van der Waals surface area contributed by atoms with Crippen molar-refractivity contribution in [2.24, 2.45) is 0 Å². The zero-order chi connectivity index (χ0) is 10.8. The number of thiol groups is 1. The van der Waals surface area contributed by atoms with Crippen molar-refractivity contribution in [3.05, 3.63) is 40.9 Å². The van der Waals surface area contributed by atoms with Crippen LogP contribution in [0, 0.1) is 11.6 Å². The first kappa shape index (κ1) is 10.6. The van der Waals surface area contributed by atoms with E-state index in [1.54, 1.807) is 6.20 Å². The lowest BCUT2D eigenvalue weighted by molar-refractivity contribution is 0.589. The average Bonchev–Trinajstić information content (AvgIpc) is 2.66. The van der Waals surface area contributed by atoms with Crippen molar-refractivity contribution in [3.63, 3.8) is 0 Å². The summed E-state index contributed by atoms with van der Waals surface area (Å²) >= 11 is 5.32. The Morgan fingerprint density at radius 2 is 1.93 bits per heavy atom. The van der Waals surface area contributed by atoms with Gasteiger partial charge in [-0.1, -0.05) is 6.07 Å². The lowest BCUT2D eigenvalue weighted by Crippen LogP contribution is -1.87. The summed E-state index contributed by atoms with van der Waals surface area (Å²) < 4.78 is 26.7. The second-order valence-corrected chi connectivity index (χ2v) is 4.32. The first-order valence-electron chi connectivity index (χ1n) is 4.22. The first-order valence-corrected chi connectivity index (χ1v) is 5.67. The van der Waals surface area contributed by atoms with Crippen LogP contribution in [0.1, 0.15) is 4.88 Å². The Bertz CT molecular complexity index is 462. The van der Waals surface area contributed by atoms with Gasteiger partial charge in [-0.25, -0.2) is 13.8 Å². The van der Waals surface area contributed by atoms with Gasteiger partial charge in [-0.2, -0.15) is 12.6 Å². The smallest absolute Gasteiger partial charge is 0.136 e. The van der Waals surface area contributed by atoms with Gasteiger partial charge < -0.3 is 0 Å². The summed E-state index contributed by atoms with van der Waals surface area (Å²) in [6.45, 7) is 0. The highest BCUT2D eigenvalue weighted by atomic mass is 32.1. The van der Waals surface area contributed by atoms with E-state index < -0.39 is 11.6 Å². The van der Waals surface area contributed by atoms with Gasteiger partial charge in [0.2, 0.25) is 0 Å². The summed E-state index contributed by atoms with van der Waals surface area (Å²) in [6.07, 6.45) is 1.58. The van der Waals surface area contributed by atoms with Gasteiger partial charge in [-0.15, -0.1) is 11.3 Å². The number of halogens is 2. The fraction of sp³-hybridized carbons (Fsp3) is 0.100. The maximum absolute atomic E-state index is 13.4. The van der Waals surface area contributed by atoms with Crippen molar-refractivity contribution in [1.82, 2.24) is 4.98 Å². The Morgan fingerprint density at radius 1 is 1.27 bits per heavy atom. The zero-order valence-corrected chi connectivity index (χ0v) is 9.29. The number of nitrogens with zero attached hydrogens (tertiary/aromatic N) is 1. The number of rotatable bonds is 2. The van der Waals surface area contributed by atoms with Gasteiger partial charge in [-0.05, 0) is 12.1 Å². The Labute approximate surface area is 95.2 Å². The number of thiazole rings is 1. The Balaban J connectivity index is 2.53. The van der Waals surface area contributed by atoms with Crippen molar-refractivity contribution in [2.45, 2.75) is 5.75 Å². The van der Waals surface area contributed by atoms with Crippen molar-refractivity contribution in [3.8, 4) is 10.6 Å². The zero-order valence-electron chi connectivity index (χ0n) is 7.58. The minimum absolute atomic E-state index is 0.0597. The molecule has 0 atom stereocenters. The maximum atomic E-state index is 13.4. The molecule has 0 radical (unpaired) electrons. The van der Waals surface area contributed by atoms with Crippen LogP contribution < -0.4 is 0 Å². The highest BCUT2D eigenvalue weighted by molar-refractivity contribution is 7.79. The van der Waals surface area contributed by atoms with E-state index in [9.17, 15) is 8.78 Å². The lowest BCUT2D eigenvalue weighted by Gasteiger charge is -1.99. The second kappa shape index (κ2) is 4.28. The molecule has 0 N–H and O–H groups in total. The van der Waals surface area contributed by atoms with Crippen LogP contribution in [0.25, 0.3) is 10.6 Å². The largest absolute Gasteiger partial charge is 0.244 e. The predicted molar refractivity (Wildman–Crippen MR) is 60.2 cm³/mol. The van der Waals surface area contributed by atoms with E-state index in [0.717, 1.165) is 4.88 Å². The molecular formula is C10H7F2NS2. The van der Waals surface area contributed by atoms with E-state index >= 15 is 0 Å². The van der Waals surface area contributed by atoms with Gasteiger partial charge in [0.1, 0.15) is 16.6 Å². The van der Waals surface area contributed by atoms with E-state index in [-0.39, 0.29) is 5.56 Å². The first-order chi connectivity index (χ1) is 7.22. The molecule has 78 valence electrons. The number of benzene rings is 1. The molecule has 0 spiro atoms. The van der Waals surface area contributed by atoms with Gasteiger partial charge in [0.15, 0.2) is 0 Å². The number of hydrogen-bond acceptors (Lipinski definition) is 3. The van der Waals surface area contributed by atoms with Crippen LogP contribution in [-0.4, -0.2) is 4.98 Å². The molecule has 0 bridgehead atoms. The third-order valence-corrected chi connectivity index (χ3v) is 3.46. The van der Waals surface area contributed by atoms with Crippen molar-refractivity contribution < 1.29 is 8.78 Å². The lowest BCUT2D eigenvalue weighted by atomic mass is 10.2. The molecule has 1 aromatic carbocycles. The predicted octanol–water partition coefficient (Wildman–Crippen LogP) is 3.52. The summed E-state index contributed by atoms with van der Waals surface area (Å²) in [6, 6.07) is 3.78. The SMILES string of the molecule is Fc1cccc(F)c1-c1ncc(CS)s1. The van der Waals surface area contributed by atoms with Gasteiger partial charge in [-0.3, -0.25) is 0 Å². The van der Waals surface area contributed by atoms with Crippen molar-refractivity contribution >= 4 is 24.0 Å². The molecule has 0 saturated carbocycles. The molecule has 0 unspecified atom stereocenters. The normalized spacial score (nSPS) is 10.6. The molecule has 0 saturated heterocycles. The van der Waals surface area contributed by atoms with Crippen LogP contribution in [0.15, 0.2) is 24.4 Å². The van der Waals surface area contributed by atoms with E-state index in [2.05, 4.69) is 17.6 Å². The summed E-state index contributed by atoms with van der Waals surface area (Å²) in [7, 11) is 0. The molecule has 2 aromatic rings. The van der Waals surface area contributed by atoms with Gasteiger partial charge >= 0.3 is 0 Å². The van der Waals surface area contributed by atoms with Gasteiger partial charge in [0, 0.05) is 16.8 Å². The Morgan fingerprint density at radius 3 is 2.47 bits per heavy atom. The molecule has 0 fully saturated rings. The van der Waals surface area contributed by atoms with Gasteiger partial charge in [0.25, 0.3) is 0 Å². The quantitative estimate of drug-likeness (QED) is 0.796. The average molecular weight is 243 g/mol. The van der Waals surface area contributed by atoms with Crippen LogP contribution in [0.5, 0.6) is 0 Å². The molecule has 15 heavy (non-hydrogen) atoms. The minimum atomic E-state index is -0.588. The van der Waals surface area contributed by atoms with Crippen molar-refractivity contribution in [2.75, 3.05) is 0 Å². The fourth-order valence-corrected chi connectivity index (χ4v) is 2.29. The summed E-state index contributed by atoms with van der Waals surface area (Å²) in [5.41, 5.74) is -0.0597.